The molecule has 2 heterocycles. The normalized spacial score (nSPS) is 19.9. The van der Waals surface area contributed by atoms with Gasteiger partial charge in [-0.15, -0.1) is 0 Å². The van der Waals surface area contributed by atoms with Crippen LogP contribution in [0.25, 0.3) is 0 Å². The van der Waals surface area contributed by atoms with Crippen LogP contribution < -0.4 is 4.90 Å². The molecular formula is C15H20BrN3O. The number of pyridine rings is 1. The fraction of sp³-hybridized carbons (Fsp3) is 0.600. The summed E-state index contributed by atoms with van der Waals surface area (Å²) in [6, 6.07) is 2.10. The molecule has 108 valence electrons. The van der Waals surface area contributed by atoms with Gasteiger partial charge in [0.1, 0.15) is 5.82 Å². The van der Waals surface area contributed by atoms with Gasteiger partial charge in [-0.2, -0.15) is 0 Å². The van der Waals surface area contributed by atoms with Crippen molar-refractivity contribution in [2.45, 2.75) is 26.2 Å². The number of rotatable bonds is 2. The Kier molecular flexibility index (Phi) is 3.96. The molecule has 3 rings (SSSR count). The van der Waals surface area contributed by atoms with E-state index in [1.165, 1.54) is 5.56 Å². The summed E-state index contributed by atoms with van der Waals surface area (Å²) >= 11 is 3.45. The number of hydrogen-bond donors (Lipinski definition) is 0. The van der Waals surface area contributed by atoms with Gasteiger partial charge in [0.15, 0.2) is 0 Å². The summed E-state index contributed by atoms with van der Waals surface area (Å²) in [7, 11) is 0. The summed E-state index contributed by atoms with van der Waals surface area (Å²) in [6.45, 7) is 5.66. The molecule has 2 aliphatic rings. The number of carbonyl (C=O) groups excluding carboxylic acids is 1. The zero-order valence-corrected chi connectivity index (χ0v) is 13.4. The molecule has 0 N–H and O–H groups in total. The van der Waals surface area contributed by atoms with Gasteiger partial charge < -0.3 is 9.80 Å². The fourth-order valence-corrected chi connectivity index (χ4v) is 3.25. The van der Waals surface area contributed by atoms with E-state index in [0.717, 1.165) is 55.7 Å². The largest absolute Gasteiger partial charge is 0.355 e. The van der Waals surface area contributed by atoms with Crippen LogP contribution in [0.5, 0.6) is 0 Å². The van der Waals surface area contributed by atoms with Crippen LogP contribution in [0.3, 0.4) is 0 Å². The molecule has 0 unspecified atom stereocenters. The summed E-state index contributed by atoms with van der Waals surface area (Å²) < 4.78 is 1.01. The van der Waals surface area contributed by atoms with Crippen molar-refractivity contribution in [1.82, 2.24) is 9.88 Å². The van der Waals surface area contributed by atoms with Crippen LogP contribution in [0.15, 0.2) is 16.7 Å². The molecule has 4 nitrogen and oxygen atoms in total. The van der Waals surface area contributed by atoms with Crippen molar-refractivity contribution in [2.24, 2.45) is 5.92 Å². The van der Waals surface area contributed by atoms with Gasteiger partial charge in [0.25, 0.3) is 0 Å². The Balaban J connectivity index is 1.68. The molecule has 1 aliphatic carbocycles. The van der Waals surface area contributed by atoms with E-state index in [0.29, 0.717) is 11.8 Å². The minimum atomic E-state index is 0.328. The van der Waals surface area contributed by atoms with Gasteiger partial charge >= 0.3 is 0 Å². The van der Waals surface area contributed by atoms with E-state index in [2.05, 4.69) is 38.8 Å². The SMILES string of the molecule is Cc1cc(Br)cnc1N1CCCN(C(=O)C2CC2)CC1. The molecule has 1 amide bonds. The van der Waals surface area contributed by atoms with Crippen LogP contribution in [0.1, 0.15) is 24.8 Å². The number of aromatic nitrogens is 1. The third-order valence-electron chi connectivity index (χ3n) is 4.05. The first kappa shape index (κ1) is 13.9. The first-order valence-electron chi connectivity index (χ1n) is 7.31. The minimum Gasteiger partial charge on any atom is -0.355 e. The predicted molar refractivity (Wildman–Crippen MR) is 82.8 cm³/mol. The quantitative estimate of drug-likeness (QED) is 0.832. The summed E-state index contributed by atoms with van der Waals surface area (Å²) in [6.07, 6.45) is 5.05. The van der Waals surface area contributed by atoms with Crippen molar-refractivity contribution in [2.75, 3.05) is 31.1 Å². The zero-order valence-electron chi connectivity index (χ0n) is 11.8. The molecule has 1 saturated carbocycles. The highest BCUT2D eigenvalue weighted by atomic mass is 79.9. The molecule has 0 radical (unpaired) electrons. The van der Waals surface area contributed by atoms with Crippen LogP contribution >= 0.6 is 15.9 Å². The van der Waals surface area contributed by atoms with Gasteiger partial charge in [-0.1, -0.05) is 0 Å². The lowest BCUT2D eigenvalue weighted by molar-refractivity contribution is -0.132. The summed E-state index contributed by atoms with van der Waals surface area (Å²) in [5.41, 5.74) is 1.18. The number of hydrogen-bond acceptors (Lipinski definition) is 3. The summed E-state index contributed by atoms with van der Waals surface area (Å²) in [4.78, 5) is 21.0. The first-order valence-corrected chi connectivity index (χ1v) is 8.10. The van der Waals surface area contributed by atoms with Crippen molar-refractivity contribution < 1.29 is 4.79 Å². The molecule has 0 aromatic carbocycles. The van der Waals surface area contributed by atoms with E-state index >= 15 is 0 Å². The maximum absolute atomic E-state index is 12.2. The van der Waals surface area contributed by atoms with Crippen molar-refractivity contribution in [1.29, 1.82) is 0 Å². The summed E-state index contributed by atoms with van der Waals surface area (Å²) in [5.74, 6) is 1.75. The number of anilines is 1. The number of nitrogens with zero attached hydrogens (tertiary/aromatic N) is 3. The Hall–Kier alpha value is -1.10. The Morgan fingerprint density at radius 3 is 2.80 bits per heavy atom. The third-order valence-corrected chi connectivity index (χ3v) is 4.48. The first-order chi connectivity index (χ1) is 9.65. The maximum atomic E-state index is 12.2. The van der Waals surface area contributed by atoms with E-state index in [9.17, 15) is 4.79 Å². The number of aryl methyl sites for hydroxylation is 1. The van der Waals surface area contributed by atoms with Crippen LogP contribution in [0.4, 0.5) is 5.82 Å². The van der Waals surface area contributed by atoms with Crippen LogP contribution in [0, 0.1) is 12.8 Å². The number of halogens is 1. The molecule has 0 spiro atoms. The Morgan fingerprint density at radius 2 is 2.10 bits per heavy atom. The maximum Gasteiger partial charge on any atom is 0.225 e. The second kappa shape index (κ2) is 5.72. The van der Waals surface area contributed by atoms with Gasteiger partial charge in [-0.05, 0) is 53.7 Å². The molecule has 1 aromatic heterocycles. The third kappa shape index (κ3) is 2.97. The second-order valence-corrected chi connectivity index (χ2v) is 6.65. The lowest BCUT2D eigenvalue weighted by Gasteiger charge is -2.24. The Bertz CT molecular complexity index is 516. The van der Waals surface area contributed by atoms with E-state index < -0.39 is 0 Å². The number of amides is 1. The molecule has 0 atom stereocenters. The van der Waals surface area contributed by atoms with Gasteiger partial charge in [0.2, 0.25) is 5.91 Å². The molecule has 2 fully saturated rings. The number of carbonyl (C=O) groups is 1. The van der Waals surface area contributed by atoms with Crippen molar-refractivity contribution in [3.05, 3.63) is 22.3 Å². The van der Waals surface area contributed by atoms with Crippen LogP contribution in [0.2, 0.25) is 0 Å². The highest BCUT2D eigenvalue weighted by Gasteiger charge is 2.34. The predicted octanol–water partition coefficient (Wildman–Crippen LogP) is 2.60. The van der Waals surface area contributed by atoms with Gasteiger partial charge in [-0.3, -0.25) is 4.79 Å². The lowest BCUT2D eigenvalue weighted by Crippen LogP contribution is -2.36. The van der Waals surface area contributed by atoms with Crippen molar-refractivity contribution in [3.8, 4) is 0 Å². The monoisotopic (exact) mass is 337 g/mol. The lowest BCUT2D eigenvalue weighted by atomic mass is 10.2. The van der Waals surface area contributed by atoms with Gasteiger partial charge in [0.05, 0.1) is 0 Å². The van der Waals surface area contributed by atoms with Gasteiger partial charge in [0, 0.05) is 42.8 Å². The standard InChI is InChI=1S/C15H20BrN3O/c1-11-9-13(16)10-17-14(11)18-5-2-6-19(8-7-18)15(20)12-3-4-12/h9-10,12H,2-8H2,1H3. The van der Waals surface area contributed by atoms with Crippen LogP contribution in [-0.4, -0.2) is 42.0 Å². The highest BCUT2D eigenvalue weighted by molar-refractivity contribution is 9.10. The highest BCUT2D eigenvalue weighted by Crippen LogP contribution is 2.31. The Morgan fingerprint density at radius 1 is 1.30 bits per heavy atom. The summed E-state index contributed by atoms with van der Waals surface area (Å²) in [5, 5.41) is 0. The van der Waals surface area contributed by atoms with E-state index in [-0.39, 0.29) is 0 Å². The van der Waals surface area contributed by atoms with E-state index in [4.69, 9.17) is 0 Å². The van der Waals surface area contributed by atoms with E-state index in [1.54, 1.807) is 0 Å². The minimum absolute atomic E-state index is 0.328. The van der Waals surface area contributed by atoms with Gasteiger partial charge in [-0.25, -0.2) is 4.98 Å². The van der Waals surface area contributed by atoms with Crippen LogP contribution in [-0.2, 0) is 4.79 Å². The Labute approximate surface area is 128 Å². The smallest absolute Gasteiger partial charge is 0.225 e. The van der Waals surface area contributed by atoms with E-state index in [1.807, 2.05) is 11.1 Å². The molecule has 20 heavy (non-hydrogen) atoms. The topological polar surface area (TPSA) is 36.4 Å². The molecule has 1 aromatic rings. The average molecular weight is 338 g/mol. The van der Waals surface area contributed by atoms with Crippen molar-refractivity contribution >= 4 is 27.7 Å². The zero-order chi connectivity index (χ0) is 14.1. The molecule has 5 heteroatoms. The second-order valence-electron chi connectivity index (χ2n) is 5.73. The molecular weight excluding hydrogens is 318 g/mol. The van der Waals surface area contributed by atoms with Crippen molar-refractivity contribution in [3.63, 3.8) is 0 Å². The fourth-order valence-electron chi connectivity index (χ4n) is 2.80. The average Bonchev–Trinajstić information content (AvgIpc) is 3.25. The molecule has 0 bridgehead atoms. The molecule has 1 aliphatic heterocycles. The molecule has 1 saturated heterocycles.